The Hall–Kier alpha value is -3.46. The lowest BCUT2D eigenvalue weighted by Crippen LogP contribution is -2.33. The summed E-state index contributed by atoms with van der Waals surface area (Å²) in [5.74, 6) is 0.174. The average molecular weight is 505 g/mol. The van der Waals surface area contributed by atoms with Gasteiger partial charge in [-0.3, -0.25) is 14.6 Å². The molecule has 0 fully saturated rings. The standard InChI is InChI=1S/C21H18Cl2N6O5/c1-9(2)33-15-5-3-4-11-16(15)19(31)26-27-20(11)34-17-12(22)6-10(7-13(17)23)29-21(32)25-18(30)14(8-24)28-29/h6-7,9,15H,3-5H2,1-2H3,(H,26,31)(H,25,30,32). The minimum atomic E-state index is -0.908. The van der Waals surface area contributed by atoms with Crippen LogP contribution in [-0.2, 0) is 11.2 Å². The highest BCUT2D eigenvalue weighted by molar-refractivity contribution is 6.37. The Morgan fingerprint density at radius 2 is 1.91 bits per heavy atom. The molecular weight excluding hydrogens is 487 g/mol. The van der Waals surface area contributed by atoms with E-state index in [2.05, 4.69) is 15.3 Å². The van der Waals surface area contributed by atoms with Gasteiger partial charge in [-0.2, -0.15) is 9.94 Å². The van der Waals surface area contributed by atoms with Crippen LogP contribution in [0.4, 0.5) is 0 Å². The molecule has 0 spiro atoms. The first kappa shape index (κ1) is 23.7. The number of nitrogens with zero attached hydrogens (tertiary/aromatic N) is 4. The molecule has 0 saturated heterocycles. The van der Waals surface area contributed by atoms with Crippen LogP contribution in [0.5, 0.6) is 11.6 Å². The monoisotopic (exact) mass is 504 g/mol. The highest BCUT2D eigenvalue weighted by atomic mass is 35.5. The van der Waals surface area contributed by atoms with Crippen molar-refractivity contribution in [3.05, 3.63) is 70.2 Å². The van der Waals surface area contributed by atoms with E-state index in [4.69, 9.17) is 37.9 Å². The van der Waals surface area contributed by atoms with Crippen molar-refractivity contribution in [1.82, 2.24) is 25.0 Å². The Morgan fingerprint density at radius 1 is 1.21 bits per heavy atom. The Morgan fingerprint density at radius 3 is 2.56 bits per heavy atom. The molecule has 2 N–H and O–H groups in total. The summed E-state index contributed by atoms with van der Waals surface area (Å²) in [6, 6.07) is 4.27. The van der Waals surface area contributed by atoms with Gasteiger partial charge in [-0.1, -0.05) is 23.2 Å². The second kappa shape index (κ2) is 9.42. The minimum Gasteiger partial charge on any atom is -0.434 e. The molecule has 34 heavy (non-hydrogen) atoms. The summed E-state index contributed by atoms with van der Waals surface area (Å²) in [5, 5.41) is 19.2. The third-order valence-corrected chi connectivity index (χ3v) is 5.66. The molecule has 0 aliphatic heterocycles. The molecule has 1 unspecified atom stereocenters. The number of aromatic nitrogens is 5. The summed E-state index contributed by atoms with van der Waals surface area (Å²) < 4.78 is 12.6. The summed E-state index contributed by atoms with van der Waals surface area (Å²) in [7, 11) is 0. The largest absolute Gasteiger partial charge is 0.434 e. The van der Waals surface area contributed by atoms with Gasteiger partial charge in [0.25, 0.3) is 11.1 Å². The van der Waals surface area contributed by atoms with Crippen molar-refractivity contribution in [3.8, 4) is 23.4 Å². The fourth-order valence-electron chi connectivity index (χ4n) is 3.73. The first-order chi connectivity index (χ1) is 16.2. The van der Waals surface area contributed by atoms with Crippen molar-refractivity contribution in [2.45, 2.75) is 45.3 Å². The molecular formula is C21H18Cl2N6O5. The third kappa shape index (κ3) is 4.48. The van der Waals surface area contributed by atoms with Gasteiger partial charge in [-0.25, -0.2) is 9.89 Å². The normalized spacial score (nSPS) is 15.1. The van der Waals surface area contributed by atoms with E-state index in [1.165, 1.54) is 12.1 Å². The fourth-order valence-corrected chi connectivity index (χ4v) is 4.29. The van der Waals surface area contributed by atoms with E-state index < -0.39 is 23.0 Å². The van der Waals surface area contributed by atoms with Crippen LogP contribution in [0, 0.1) is 11.3 Å². The van der Waals surface area contributed by atoms with E-state index in [0.29, 0.717) is 24.0 Å². The molecule has 1 atom stereocenters. The van der Waals surface area contributed by atoms with Crippen LogP contribution < -0.4 is 21.5 Å². The van der Waals surface area contributed by atoms with Gasteiger partial charge < -0.3 is 9.47 Å². The number of aromatic amines is 2. The zero-order chi connectivity index (χ0) is 24.6. The molecule has 1 aromatic carbocycles. The average Bonchev–Trinajstić information content (AvgIpc) is 2.77. The van der Waals surface area contributed by atoms with E-state index in [1.807, 2.05) is 18.8 Å². The first-order valence-electron chi connectivity index (χ1n) is 10.3. The maximum absolute atomic E-state index is 12.5. The van der Waals surface area contributed by atoms with E-state index in [-0.39, 0.29) is 39.0 Å². The Balaban J connectivity index is 1.75. The van der Waals surface area contributed by atoms with Crippen molar-refractivity contribution in [2.24, 2.45) is 0 Å². The lowest BCUT2D eigenvalue weighted by atomic mass is 9.91. The second-order valence-electron chi connectivity index (χ2n) is 7.79. The number of halogens is 2. The lowest BCUT2D eigenvalue weighted by molar-refractivity contribution is -0.00419. The zero-order valence-corrected chi connectivity index (χ0v) is 19.5. The molecule has 4 rings (SSSR count). The van der Waals surface area contributed by atoms with Gasteiger partial charge in [-0.15, -0.1) is 10.2 Å². The highest BCUT2D eigenvalue weighted by Gasteiger charge is 2.29. The van der Waals surface area contributed by atoms with Crippen LogP contribution in [0.3, 0.4) is 0 Å². The SMILES string of the molecule is CC(C)OC1CCCc2c(Oc3c(Cl)cc(-n4nc(C#N)c(=O)[nH]c4=O)cc3Cl)n[nH]c(=O)c21. The second-order valence-corrected chi connectivity index (χ2v) is 8.60. The molecule has 0 radical (unpaired) electrons. The van der Waals surface area contributed by atoms with Crippen molar-refractivity contribution in [1.29, 1.82) is 5.26 Å². The number of rotatable bonds is 5. The molecule has 2 aromatic heterocycles. The van der Waals surface area contributed by atoms with E-state index >= 15 is 0 Å². The van der Waals surface area contributed by atoms with Gasteiger partial charge >= 0.3 is 5.69 Å². The predicted octanol–water partition coefficient (Wildman–Crippen LogP) is 2.78. The van der Waals surface area contributed by atoms with Crippen molar-refractivity contribution >= 4 is 23.2 Å². The summed E-state index contributed by atoms with van der Waals surface area (Å²) in [6.45, 7) is 3.79. The van der Waals surface area contributed by atoms with Gasteiger partial charge in [0.15, 0.2) is 5.75 Å². The molecule has 0 saturated carbocycles. The highest BCUT2D eigenvalue weighted by Crippen LogP contribution is 2.41. The van der Waals surface area contributed by atoms with E-state index in [9.17, 15) is 14.4 Å². The Bertz CT molecular complexity index is 1460. The minimum absolute atomic E-state index is 0.00782. The number of hydrogen-bond donors (Lipinski definition) is 2. The number of nitriles is 1. The first-order valence-corrected chi connectivity index (χ1v) is 11.0. The molecule has 0 amide bonds. The van der Waals surface area contributed by atoms with Gasteiger partial charge in [0.1, 0.15) is 6.07 Å². The topological polar surface area (TPSA) is 156 Å². The maximum Gasteiger partial charge on any atom is 0.349 e. The van der Waals surface area contributed by atoms with Crippen molar-refractivity contribution in [2.75, 3.05) is 0 Å². The Kier molecular flexibility index (Phi) is 6.56. The summed E-state index contributed by atoms with van der Waals surface area (Å²) >= 11 is 12.8. The molecule has 1 aliphatic carbocycles. The lowest BCUT2D eigenvalue weighted by Gasteiger charge is -2.27. The number of ether oxygens (including phenoxy) is 2. The van der Waals surface area contributed by atoms with Gasteiger partial charge in [0.05, 0.1) is 33.5 Å². The zero-order valence-electron chi connectivity index (χ0n) is 18.0. The van der Waals surface area contributed by atoms with E-state index in [0.717, 1.165) is 11.1 Å². The molecule has 0 bridgehead atoms. The molecule has 11 nitrogen and oxygen atoms in total. The van der Waals surface area contributed by atoms with Crippen LogP contribution >= 0.6 is 23.2 Å². The van der Waals surface area contributed by atoms with Crippen LogP contribution in [0.1, 0.15) is 49.6 Å². The summed E-state index contributed by atoms with van der Waals surface area (Å²) in [6.07, 6.45) is 1.56. The number of hydrogen-bond acceptors (Lipinski definition) is 8. The molecule has 1 aliphatic rings. The van der Waals surface area contributed by atoms with Crippen LogP contribution in [0.25, 0.3) is 5.69 Å². The van der Waals surface area contributed by atoms with E-state index in [1.54, 1.807) is 6.07 Å². The predicted molar refractivity (Wildman–Crippen MR) is 122 cm³/mol. The van der Waals surface area contributed by atoms with Crippen LogP contribution in [0.15, 0.2) is 26.5 Å². The summed E-state index contributed by atoms with van der Waals surface area (Å²) in [4.78, 5) is 38.3. The van der Waals surface area contributed by atoms with Crippen molar-refractivity contribution < 1.29 is 9.47 Å². The summed E-state index contributed by atoms with van der Waals surface area (Å²) in [5.41, 5.74) is -1.48. The van der Waals surface area contributed by atoms with Crippen LogP contribution in [0.2, 0.25) is 10.0 Å². The van der Waals surface area contributed by atoms with Gasteiger partial charge in [0, 0.05) is 5.56 Å². The molecule has 176 valence electrons. The fraction of sp³-hybridized carbons (Fsp3) is 0.333. The Labute approximate surface area is 201 Å². The smallest absolute Gasteiger partial charge is 0.349 e. The third-order valence-electron chi connectivity index (χ3n) is 5.10. The number of H-pyrrole nitrogens is 2. The molecule has 13 heteroatoms. The van der Waals surface area contributed by atoms with Crippen LogP contribution in [-0.4, -0.2) is 31.1 Å². The van der Waals surface area contributed by atoms with Crippen molar-refractivity contribution in [3.63, 3.8) is 0 Å². The maximum atomic E-state index is 12.5. The van der Waals surface area contributed by atoms with Gasteiger partial charge in [-0.05, 0) is 45.2 Å². The number of benzene rings is 1. The molecule has 2 heterocycles. The quantitative estimate of drug-likeness (QED) is 0.536. The number of nitrogens with one attached hydrogen (secondary N) is 2. The molecule has 3 aromatic rings. The number of fused-ring (bicyclic) bond motifs is 1. The van der Waals surface area contributed by atoms with Gasteiger partial charge in [0.2, 0.25) is 11.6 Å².